The molecule has 35 heavy (non-hydrogen) atoms. The van der Waals surface area contributed by atoms with Crippen LogP contribution in [0.15, 0.2) is 40.6 Å². The maximum atomic E-state index is 13.8. The summed E-state index contributed by atoms with van der Waals surface area (Å²) in [4.78, 5) is 27.5. The number of nitrogens with zero attached hydrogens (tertiary/aromatic N) is 4. The minimum atomic E-state index is -0.160. The van der Waals surface area contributed by atoms with Gasteiger partial charge in [-0.15, -0.1) is 11.3 Å². The van der Waals surface area contributed by atoms with Gasteiger partial charge >= 0.3 is 0 Å². The number of hydrogen-bond acceptors (Lipinski definition) is 8. The van der Waals surface area contributed by atoms with Gasteiger partial charge in [0.1, 0.15) is 5.65 Å². The van der Waals surface area contributed by atoms with Gasteiger partial charge in [0.15, 0.2) is 0 Å². The van der Waals surface area contributed by atoms with Crippen LogP contribution < -0.4 is 16.2 Å². The third-order valence-corrected chi connectivity index (χ3v) is 7.76. The van der Waals surface area contributed by atoms with Gasteiger partial charge < -0.3 is 15.4 Å². The second kappa shape index (κ2) is 9.31. The molecule has 3 aromatic heterocycles. The fraction of sp³-hybridized carbons (Fsp3) is 0.360. The van der Waals surface area contributed by atoms with E-state index in [4.69, 9.17) is 21.3 Å². The Morgan fingerprint density at radius 3 is 2.89 bits per heavy atom. The Balaban J connectivity index is 1.43. The van der Waals surface area contributed by atoms with Gasteiger partial charge in [0.05, 0.1) is 30.0 Å². The van der Waals surface area contributed by atoms with E-state index < -0.39 is 0 Å². The van der Waals surface area contributed by atoms with E-state index in [2.05, 4.69) is 26.0 Å². The molecule has 1 saturated carbocycles. The molecule has 1 aliphatic carbocycles. The Morgan fingerprint density at radius 2 is 2.14 bits per heavy atom. The summed E-state index contributed by atoms with van der Waals surface area (Å²) in [6, 6.07) is 7.60. The summed E-state index contributed by atoms with van der Waals surface area (Å²) in [6.07, 6.45) is 4.05. The lowest BCUT2D eigenvalue weighted by molar-refractivity contribution is 0.0183. The van der Waals surface area contributed by atoms with Crippen molar-refractivity contribution >= 4 is 39.9 Å². The van der Waals surface area contributed by atoms with Crippen molar-refractivity contribution in [1.29, 1.82) is 0 Å². The number of thiazole rings is 1. The second-order valence-electron chi connectivity index (χ2n) is 8.93. The second-order valence-corrected chi connectivity index (χ2v) is 10.2. The molecule has 1 aliphatic heterocycles. The zero-order valence-corrected chi connectivity index (χ0v) is 20.8. The molecule has 2 aliphatic rings. The van der Waals surface area contributed by atoms with Crippen LogP contribution in [0.2, 0.25) is 5.02 Å². The van der Waals surface area contributed by atoms with Gasteiger partial charge in [-0.25, -0.2) is 9.97 Å². The van der Waals surface area contributed by atoms with E-state index in [1.54, 1.807) is 29.1 Å². The number of ether oxygens (including phenoxy) is 1. The standard InChI is InChI=1S/C25H25ClN6O2S/c1-27-25-29-10-16-8-19(24(33)32(22(16)31-25)12-17-11-28-6-7-34-17)18-5-4-15(9-20(18)26)21-13-35-23(30-21)14-2-3-14/h4-5,8-10,13-14,17,28H,2-3,6-7,11-12H2,1H3,(H,27,29,31)/t17-/m1/s1. The topological polar surface area (TPSA) is 94.0 Å². The van der Waals surface area contributed by atoms with Crippen molar-refractivity contribution in [2.75, 3.05) is 32.1 Å². The summed E-state index contributed by atoms with van der Waals surface area (Å²) in [5.41, 5.74) is 3.47. The van der Waals surface area contributed by atoms with E-state index in [9.17, 15) is 4.79 Å². The summed E-state index contributed by atoms with van der Waals surface area (Å²) in [5, 5.41) is 10.8. The molecule has 4 heterocycles. The Kier molecular flexibility index (Phi) is 6.01. The molecule has 8 nitrogen and oxygen atoms in total. The SMILES string of the molecule is CNc1ncc2cc(-c3ccc(-c4csc(C5CC5)n4)cc3Cl)c(=O)n(C[C@H]3CNCCO3)c2n1. The van der Waals surface area contributed by atoms with Gasteiger partial charge in [-0.1, -0.05) is 23.7 Å². The first-order valence-electron chi connectivity index (χ1n) is 11.8. The monoisotopic (exact) mass is 508 g/mol. The summed E-state index contributed by atoms with van der Waals surface area (Å²) in [6.45, 7) is 2.48. The fourth-order valence-electron chi connectivity index (χ4n) is 4.41. The van der Waals surface area contributed by atoms with E-state index >= 15 is 0 Å². The van der Waals surface area contributed by atoms with Crippen molar-refractivity contribution in [3.8, 4) is 22.4 Å². The zero-order valence-electron chi connectivity index (χ0n) is 19.3. The van der Waals surface area contributed by atoms with E-state index in [-0.39, 0.29) is 11.7 Å². The van der Waals surface area contributed by atoms with Crippen molar-refractivity contribution in [3.05, 3.63) is 56.2 Å². The van der Waals surface area contributed by atoms with Crippen molar-refractivity contribution < 1.29 is 4.74 Å². The van der Waals surface area contributed by atoms with Crippen molar-refractivity contribution in [3.63, 3.8) is 0 Å². The van der Waals surface area contributed by atoms with Crippen molar-refractivity contribution in [2.24, 2.45) is 0 Å². The first-order chi connectivity index (χ1) is 17.1. The normalized spacial score (nSPS) is 18.2. The minimum absolute atomic E-state index is 0.129. The first kappa shape index (κ1) is 22.6. The number of rotatable bonds is 6. The van der Waals surface area contributed by atoms with Crippen LogP contribution in [0.5, 0.6) is 0 Å². The number of hydrogen-bond donors (Lipinski definition) is 2. The van der Waals surface area contributed by atoms with E-state index in [0.717, 1.165) is 23.2 Å². The maximum absolute atomic E-state index is 13.8. The number of halogens is 1. The molecule has 1 atom stereocenters. The Morgan fingerprint density at radius 1 is 1.26 bits per heavy atom. The van der Waals surface area contributed by atoms with Crippen LogP contribution in [0.4, 0.5) is 5.95 Å². The highest BCUT2D eigenvalue weighted by molar-refractivity contribution is 7.10. The van der Waals surface area contributed by atoms with Crippen LogP contribution in [-0.4, -0.2) is 52.4 Å². The Labute approximate surface area is 211 Å². The lowest BCUT2D eigenvalue weighted by Gasteiger charge is -2.25. The number of nitrogens with one attached hydrogen (secondary N) is 2. The van der Waals surface area contributed by atoms with Crippen LogP contribution in [-0.2, 0) is 11.3 Å². The number of fused-ring (bicyclic) bond motifs is 1. The maximum Gasteiger partial charge on any atom is 0.260 e. The molecule has 4 aromatic rings. The van der Waals surface area contributed by atoms with Gasteiger partial charge in [0.2, 0.25) is 5.95 Å². The van der Waals surface area contributed by atoms with Gasteiger partial charge in [-0.2, -0.15) is 4.98 Å². The fourth-order valence-corrected chi connectivity index (χ4v) is 5.70. The van der Waals surface area contributed by atoms with Crippen LogP contribution in [0.25, 0.3) is 33.4 Å². The quantitative estimate of drug-likeness (QED) is 0.404. The van der Waals surface area contributed by atoms with Gasteiger partial charge in [0, 0.05) is 64.7 Å². The average molecular weight is 509 g/mol. The highest BCUT2D eigenvalue weighted by atomic mass is 35.5. The Hall–Kier alpha value is -2.85. The third kappa shape index (κ3) is 4.45. The molecule has 10 heteroatoms. The van der Waals surface area contributed by atoms with Crippen LogP contribution in [0.3, 0.4) is 0 Å². The minimum Gasteiger partial charge on any atom is -0.374 e. The molecule has 0 amide bonds. The van der Waals surface area contributed by atoms with Crippen LogP contribution >= 0.6 is 22.9 Å². The van der Waals surface area contributed by atoms with E-state index in [0.29, 0.717) is 53.4 Å². The highest BCUT2D eigenvalue weighted by Gasteiger charge is 2.27. The molecule has 0 bridgehead atoms. The van der Waals surface area contributed by atoms with Gasteiger partial charge in [-0.05, 0) is 25.0 Å². The molecular formula is C25H25ClN6O2S. The molecular weight excluding hydrogens is 484 g/mol. The van der Waals surface area contributed by atoms with Gasteiger partial charge in [0.25, 0.3) is 5.56 Å². The van der Waals surface area contributed by atoms with E-state index in [1.165, 1.54) is 17.8 Å². The summed E-state index contributed by atoms with van der Waals surface area (Å²) in [5.74, 6) is 1.07. The van der Waals surface area contributed by atoms with Crippen molar-refractivity contribution in [2.45, 2.75) is 31.4 Å². The van der Waals surface area contributed by atoms with Crippen molar-refractivity contribution in [1.82, 2.24) is 24.8 Å². The summed E-state index contributed by atoms with van der Waals surface area (Å²) in [7, 11) is 1.75. The molecule has 0 radical (unpaired) electrons. The predicted molar refractivity (Wildman–Crippen MR) is 139 cm³/mol. The lowest BCUT2D eigenvalue weighted by atomic mass is 10.0. The molecule has 0 unspecified atom stereocenters. The molecule has 2 fully saturated rings. The molecule has 0 spiro atoms. The number of pyridine rings is 1. The molecule has 6 rings (SSSR count). The number of benzene rings is 1. The molecule has 1 saturated heterocycles. The number of morpholine rings is 1. The Bertz CT molecular complexity index is 1460. The van der Waals surface area contributed by atoms with Gasteiger partial charge in [-0.3, -0.25) is 9.36 Å². The smallest absolute Gasteiger partial charge is 0.260 e. The summed E-state index contributed by atoms with van der Waals surface area (Å²) < 4.78 is 7.56. The van der Waals surface area contributed by atoms with E-state index in [1.807, 2.05) is 24.3 Å². The first-order valence-corrected chi connectivity index (χ1v) is 13.0. The molecule has 2 N–H and O–H groups in total. The number of aromatic nitrogens is 4. The zero-order chi connectivity index (χ0) is 23.9. The summed E-state index contributed by atoms with van der Waals surface area (Å²) >= 11 is 8.47. The molecule has 1 aromatic carbocycles. The van der Waals surface area contributed by atoms with Crippen LogP contribution in [0.1, 0.15) is 23.8 Å². The predicted octanol–water partition coefficient (Wildman–Crippen LogP) is 4.14. The lowest BCUT2D eigenvalue weighted by Crippen LogP contribution is -2.42. The average Bonchev–Trinajstić information content (AvgIpc) is 3.62. The highest BCUT2D eigenvalue weighted by Crippen LogP contribution is 2.43. The number of anilines is 1. The largest absolute Gasteiger partial charge is 0.374 e. The molecule has 180 valence electrons. The van der Waals surface area contributed by atoms with Crippen LogP contribution in [0, 0.1) is 0 Å². The third-order valence-electron chi connectivity index (χ3n) is 6.44.